The highest BCUT2D eigenvalue weighted by Crippen LogP contribution is 2.20. The van der Waals surface area contributed by atoms with Gasteiger partial charge in [-0.1, -0.05) is 18.7 Å². The predicted molar refractivity (Wildman–Crippen MR) is 57.8 cm³/mol. The zero-order valence-electron chi connectivity index (χ0n) is 9.15. The minimum absolute atomic E-state index is 0.137. The molecular weight excluding hydrogens is 214 g/mol. The summed E-state index contributed by atoms with van der Waals surface area (Å²) in [5.41, 5.74) is 0.848. The van der Waals surface area contributed by atoms with E-state index in [2.05, 4.69) is 4.98 Å². The second kappa shape index (κ2) is 5.80. The first-order valence-corrected chi connectivity index (χ1v) is 5.83. The molecule has 0 spiro atoms. The lowest BCUT2D eigenvalue weighted by Crippen LogP contribution is -2.16. The molecule has 0 bridgehead atoms. The van der Waals surface area contributed by atoms with Crippen molar-refractivity contribution in [1.82, 2.24) is 4.98 Å². The summed E-state index contributed by atoms with van der Waals surface area (Å²) in [4.78, 5) is 15.4. The number of hydrogen-bond acceptors (Lipinski definition) is 5. The number of thioether (sulfide) groups is 1. The van der Waals surface area contributed by atoms with Crippen molar-refractivity contribution in [2.75, 3.05) is 12.4 Å². The fourth-order valence-electron chi connectivity index (χ4n) is 0.948. The van der Waals surface area contributed by atoms with E-state index in [1.165, 1.54) is 11.8 Å². The number of esters is 1. The lowest BCUT2D eigenvalue weighted by molar-refractivity contribution is -0.146. The van der Waals surface area contributed by atoms with Gasteiger partial charge in [-0.15, -0.1) is 0 Å². The predicted octanol–water partition coefficient (Wildman–Crippen LogP) is 2.27. The van der Waals surface area contributed by atoms with Crippen LogP contribution in [0.4, 0.5) is 0 Å². The molecule has 0 radical (unpaired) electrons. The summed E-state index contributed by atoms with van der Waals surface area (Å²) in [6.45, 7) is 5.92. The van der Waals surface area contributed by atoms with E-state index in [0.717, 1.165) is 5.69 Å². The van der Waals surface area contributed by atoms with Crippen molar-refractivity contribution < 1.29 is 13.9 Å². The molecule has 15 heavy (non-hydrogen) atoms. The number of hydrogen-bond donors (Lipinski definition) is 0. The summed E-state index contributed by atoms with van der Waals surface area (Å²) in [6, 6.07) is 0. The maximum atomic E-state index is 11.3. The average molecular weight is 229 g/mol. The summed E-state index contributed by atoms with van der Waals surface area (Å²) in [5, 5.41) is 0.601. The van der Waals surface area contributed by atoms with E-state index in [4.69, 9.17) is 9.15 Å². The Morgan fingerprint density at radius 2 is 2.47 bits per heavy atom. The van der Waals surface area contributed by atoms with E-state index in [-0.39, 0.29) is 11.9 Å². The van der Waals surface area contributed by atoms with E-state index in [0.29, 0.717) is 17.6 Å². The van der Waals surface area contributed by atoms with Gasteiger partial charge in [0, 0.05) is 5.75 Å². The molecule has 0 aliphatic heterocycles. The molecular formula is C10H15NO3S. The maximum absolute atomic E-state index is 11.3. The summed E-state index contributed by atoms with van der Waals surface area (Å²) in [7, 11) is 0. The molecule has 0 saturated carbocycles. The Kier molecular flexibility index (Phi) is 4.68. The molecule has 0 amide bonds. The fraction of sp³-hybridized carbons (Fsp3) is 0.600. The molecule has 0 aliphatic rings. The van der Waals surface area contributed by atoms with Crippen molar-refractivity contribution in [2.45, 2.75) is 26.0 Å². The van der Waals surface area contributed by atoms with E-state index in [1.807, 2.05) is 13.8 Å². The lowest BCUT2D eigenvalue weighted by atomic mass is 10.2. The van der Waals surface area contributed by atoms with Crippen molar-refractivity contribution in [2.24, 2.45) is 5.92 Å². The molecule has 0 aliphatic carbocycles. The van der Waals surface area contributed by atoms with Crippen LogP contribution in [0.5, 0.6) is 0 Å². The summed E-state index contributed by atoms with van der Waals surface area (Å²) in [5.74, 6) is 0.314. The maximum Gasteiger partial charge on any atom is 0.309 e. The zero-order chi connectivity index (χ0) is 11.3. The van der Waals surface area contributed by atoms with Gasteiger partial charge in [0.2, 0.25) is 0 Å². The van der Waals surface area contributed by atoms with Crippen LogP contribution >= 0.6 is 11.8 Å². The Labute approximate surface area is 93.4 Å². The van der Waals surface area contributed by atoms with Crippen molar-refractivity contribution in [1.29, 1.82) is 0 Å². The van der Waals surface area contributed by atoms with Gasteiger partial charge < -0.3 is 9.15 Å². The highest BCUT2D eigenvalue weighted by Gasteiger charge is 2.15. The molecule has 1 rings (SSSR count). The highest BCUT2D eigenvalue weighted by atomic mass is 32.2. The topological polar surface area (TPSA) is 52.3 Å². The van der Waals surface area contributed by atoms with Crippen LogP contribution in [0.15, 0.2) is 15.9 Å². The van der Waals surface area contributed by atoms with E-state index >= 15 is 0 Å². The largest absolute Gasteiger partial charge is 0.466 e. The minimum atomic E-state index is -0.173. The molecule has 0 aromatic carbocycles. The Balaban J connectivity index is 2.33. The van der Waals surface area contributed by atoms with Gasteiger partial charge >= 0.3 is 5.97 Å². The van der Waals surface area contributed by atoms with Crippen molar-refractivity contribution in [3.8, 4) is 0 Å². The normalized spacial score (nSPS) is 12.5. The third kappa shape index (κ3) is 3.95. The Hall–Kier alpha value is -0.970. The van der Waals surface area contributed by atoms with Gasteiger partial charge in [-0.3, -0.25) is 4.79 Å². The second-order valence-corrected chi connectivity index (χ2v) is 4.19. The van der Waals surface area contributed by atoms with Gasteiger partial charge in [0.25, 0.3) is 5.22 Å². The van der Waals surface area contributed by atoms with Gasteiger partial charge in [-0.25, -0.2) is 4.98 Å². The lowest BCUT2D eigenvalue weighted by Gasteiger charge is -2.07. The van der Waals surface area contributed by atoms with Crippen LogP contribution in [0.2, 0.25) is 0 Å². The molecule has 4 nitrogen and oxygen atoms in total. The van der Waals surface area contributed by atoms with Crippen LogP contribution in [0.1, 0.15) is 19.5 Å². The van der Waals surface area contributed by atoms with Crippen LogP contribution in [0, 0.1) is 12.8 Å². The van der Waals surface area contributed by atoms with Gasteiger partial charge in [-0.05, 0) is 13.8 Å². The average Bonchev–Trinajstić information content (AvgIpc) is 2.61. The van der Waals surface area contributed by atoms with Gasteiger partial charge in [0.15, 0.2) is 0 Å². The second-order valence-electron chi connectivity index (χ2n) is 3.22. The quantitative estimate of drug-likeness (QED) is 0.572. The van der Waals surface area contributed by atoms with Crippen molar-refractivity contribution in [3.63, 3.8) is 0 Å². The number of nitrogens with zero attached hydrogens (tertiary/aromatic N) is 1. The number of carbonyl (C=O) groups is 1. The van der Waals surface area contributed by atoms with Crippen LogP contribution in [-0.2, 0) is 9.53 Å². The summed E-state index contributed by atoms with van der Waals surface area (Å²) in [6.07, 6.45) is 1.59. The minimum Gasteiger partial charge on any atom is -0.466 e. The third-order valence-electron chi connectivity index (χ3n) is 1.74. The first kappa shape index (κ1) is 12.1. The van der Waals surface area contributed by atoms with E-state index in [9.17, 15) is 4.79 Å². The first-order valence-electron chi connectivity index (χ1n) is 4.85. The van der Waals surface area contributed by atoms with Crippen LogP contribution < -0.4 is 0 Å². The number of carbonyl (C=O) groups excluding carboxylic acids is 1. The number of ether oxygens (including phenoxy) is 1. The van der Waals surface area contributed by atoms with Crippen LogP contribution in [0.25, 0.3) is 0 Å². The zero-order valence-corrected chi connectivity index (χ0v) is 9.97. The summed E-state index contributed by atoms with van der Waals surface area (Å²) < 4.78 is 10.0. The van der Waals surface area contributed by atoms with Crippen LogP contribution in [0.3, 0.4) is 0 Å². The molecule has 0 saturated heterocycles. The number of oxazole rings is 1. The molecule has 1 heterocycles. The third-order valence-corrected chi connectivity index (χ3v) is 2.84. The molecule has 1 aromatic heterocycles. The standard InChI is InChI=1S/C10H15NO3S/c1-4-13-9(12)7(2)6-15-10-11-8(3)5-14-10/h5,7H,4,6H2,1-3H3. The summed E-state index contributed by atoms with van der Waals surface area (Å²) >= 11 is 1.42. The SMILES string of the molecule is CCOC(=O)C(C)CSc1nc(C)co1. The van der Waals surface area contributed by atoms with E-state index < -0.39 is 0 Å². The van der Waals surface area contributed by atoms with Crippen LogP contribution in [-0.4, -0.2) is 23.3 Å². The molecule has 1 unspecified atom stereocenters. The fourth-order valence-corrected chi connectivity index (χ4v) is 1.80. The number of rotatable bonds is 5. The van der Waals surface area contributed by atoms with E-state index in [1.54, 1.807) is 13.2 Å². The smallest absolute Gasteiger partial charge is 0.309 e. The molecule has 0 N–H and O–H groups in total. The molecule has 0 fully saturated rings. The molecule has 5 heteroatoms. The molecule has 84 valence electrons. The molecule has 1 aromatic rings. The van der Waals surface area contributed by atoms with Crippen molar-refractivity contribution >= 4 is 17.7 Å². The van der Waals surface area contributed by atoms with Gasteiger partial charge in [0.05, 0.1) is 18.2 Å². The number of aryl methyl sites for hydroxylation is 1. The Morgan fingerprint density at radius 3 is 3.00 bits per heavy atom. The highest BCUT2D eigenvalue weighted by molar-refractivity contribution is 7.99. The van der Waals surface area contributed by atoms with Crippen molar-refractivity contribution in [3.05, 3.63) is 12.0 Å². The van der Waals surface area contributed by atoms with Gasteiger partial charge in [-0.2, -0.15) is 0 Å². The first-order chi connectivity index (χ1) is 7.13. The molecule has 1 atom stereocenters. The monoisotopic (exact) mass is 229 g/mol. The van der Waals surface area contributed by atoms with Gasteiger partial charge in [0.1, 0.15) is 6.26 Å². The number of aromatic nitrogens is 1. The Morgan fingerprint density at radius 1 is 1.73 bits per heavy atom. The Bertz CT molecular complexity index is 324.